The maximum atomic E-state index is 8.19. The molecule has 50 heavy (non-hydrogen) atoms. The molecule has 0 saturated heterocycles. The average Bonchev–Trinajstić information content (AvgIpc) is 3.19. The number of nitrogens with one attached hydrogen (secondary N) is 1. The minimum absolute atomic E-state index is 0.0854. The van der Waals surface area contributed by atoms with Gasteiger partial charge in [-0.15, -0.1) is 0 Å². The summed E-state index contributed by atoms with van der Waals surface area (Å²) >= 11 is 0. The number of nitrogens with zero attached hydrogens (tertiary/aromatic N) is 2. The monoisotopic (exact) mass is 647 g/mol. The van der Waals surface area contributed by atoms with Crippen LogP contribution in [0.3, 0.4) is 0 Å². The van der Waals surface area contributed by atoms with Gasteiger partial charge in [0.25, 0.3) is 0 Å². The van der Waals surface area contributed by atoms with E-state index >= 15 is 0 Å². The van der Waals surface area contributed by atoms with Crippen molar-refractivity contribution in [2.45, 2.75) is 37.5 Å². The smallest absolute Gasteiger partial charge is 0.136 e. The van der Waals surface area contributed by atoms with Crippen molar-refractivity contribution in [3.8, 4) is 11.3 Å². The predicted molar refractivity (Wildman–Crippen MR) is 211 cm³/mol. The Balaban J connectivity index is 1.22. The molecule has 1 N–H and O–H groups in total. The lowest BCUT2D eigenvalue weighted by molar-refractivity contribution is 0.732. The van der Waals surface area contributed by atoms with Gasteiger partial charge >= 0.3 is 0 Å². The molecular formula is C47H41N3. The van der Waals surface area contributed by atoms with E-state index in [1.807, 2.05) is 36.4 Å². The number of allylic oxidation sites excluding steroid dienone is 15. The second-order valence-corrected chi connectivity index (χ2v) is 12.9. The van der Waals surface area contributed by atoms with Gasteiger partial charge in [-0.2, -0.15) is 0 Å². The summed E-state index contributed by atoms with van der Waals surface area (Å²) in [7, 11) is 0. The quantitative estimate of drug-likeness (QED) is 0.145. The van der Waals surface area contributed by atoms with Crippen LogP contribution in [-0.4, -0.2) is 16.2 Å². The minimum atomic E-state index is 0.0854. The van der Waals surface area contributed by atoms with Crippen LogP contribution in [0.15, 0.2) is 169 Å². The Morgan fingerprint density at radius 1 is 0.740 bits per heavy atom. The van der Waals surface area contributed by atoms with Crippen LogP contribution >= 0.6 is 0 Å². The highest BCUT2D eigenvalue weighted by molar-refractivity contribution is 6.08. The zero-order valence-corrected chi connectivity index (χ0v) is 28.3. The zero-order chi connectivity index (χ0) is 34.3. The van der Waals surface area contributed by atoms with E-state index in [0.29, 0.717) is 0 Å². The fourth-order valence-corrected chi connectivity index (χ4v) is 6.91. The standard InChI is InChI=1S/C47H41N3/c1-3-4-13-36-16-9-11-18-43(36)37-21-25-39(26-22-37)45-31-46(40-27-23-38(24-28-40)44(32-48)42-17-10-8-12-33(42)2)50-47(49-45)41-29-19-35(20-30-41)34-14-6-5-7-15-34/h3-8,10,12-27,29,31-32,40-41,48H,1-2,9,11,28,30H2/b13-4-,44-42+,48-32?. The molecule has 244 valence electrons. The molecule has 3 aliphatic carbocycles. The molecule has 3 aromatic carbocycles. The predicted octanol–water partition coefficient (Wildman–Crippen LogP) is 10.00. The van der Waals surface area contributed by atoms with Gasteiger partial charge in [0.15, 0.2) is 0 Å². The molecule has 0 spiro atoms. The summed E-state index contributed by atoms with van der Waals surface area (Å²) in [6.07, 6.45) is 29.1. The number of rotatable bonds is 9. The molecule has 7 rings (SSSR count). The molecule has 0 fully saturated rings. The Morgan fingerprint density at radius 2 is 1.48 bits per heavy atom. The van der Waals surface area contributed by atoms with E-state index in [-0.39, 0.29) is 11.8 Å². The molecule has 3 heteroatoms. The van der Waals surface area contributed by atoms with E-state index in [1.54, 1.807) is 0 Å². The maximum Gasteiger partial charge on any atom is 0.136 e. The molecule has 1 aromatic heterocycles. The normalized spacial score (nSPS) is 19.3. The van der Waals surface area contributed by atoms with Gasteiger partial charge in [0, 0.05) is 29.2 Å². The van der Waals surface area contributed by atoms with Crippen LogP contribution in [0.25, 0.3) is 34.6 Å². The summed E-state index contributed by atoms with van der Waals surface area (Å²) in [6, 6.07) is 29.5. The van der Waals surface area contributed by atoms with Crippen molar-refractivity contribution < 1.29 is 0 Å². The molecule has 0 aliphatic heterocycles. The van der Waals surface area contributed by atoms with Gasteiger partial charge in [0.05, 0.1) is 11.4 Å². The largest absolute Gasteiger partial charge is 0.308 e. The van der Waals surface area contributed by atoms with Crippen LogP contribution < -0.4 is 10.4 Å². The van der Waals surface area contributed by atoms with E-state index in [1.165, 1.54) is 34.1 Å². The van der Waals surface area contributed by atoms with Crippen LogP contribution in [0.5, 0.6) is 0 Å². The molecule has 0 saturated carbocycles. The van der Waals surface area contributed by atoms with Crippen molar-refractivity contribution in [2.75, 3.05) is 0 Å². The van der Waals surface area contributed by atoms with Crippen LogP contribution in [0.1, 0.15) is 60.2 Å². The van der Waals surface area contributed by atoms with Crippen LogP contribution in [-0.2, 0) is 0 Å². The molecule has 3 nitrogen and oxygen atoms in total. The average molecular weight is 648 g/mol. The lowest BCUT2D eigenvalue weighted by atomic mass is 9.88. The van der Waals surface area contributed by atoms with Crippen molar-refractivity contribution in [3.63, 3.8) is 0 Å². The third-order valence-electron chi connectivity index (χ3n) is 9.64. The topological polar surface area (TPSA) is 49.6 Å². The van der Waals surface area contributed by atoms with E-state index in [0.717, 1.165) is 70.0 Å². The third-order valence-corrected chi connectivity index (χ3v) is 9.64. The van der Waals surface area contributed by atoms with Crippen LogP contribution in [0.2, 0.25) is 0 Å². The molecular weight excluding hydrogens is 607 g/mol. The first-order valence-corrected chi connectivity index (χ1v) is 17.4. The third kappa shape index (κ3) is 7.09. The highest BCUT2D eigenvalue weighted by Crippen LogP contribution is 2.35. The Morgan fingerprint density at radius 3 is 2.20 bits per heavy atom. The SMILES string of the molecule is C=C/C=C\C1=CCCC=C1c1ccc(-c2cc(C3C=CC(/C(C=N)=c4\ccccc4=C)=CC3)nc(C3C=CC(c4ccccc4)=CC3)n2)cc1. The fourth-order valence-electron chi connectivity index (χ4n) is 6.91. The van der Waals surface area contributed by atoms with Gasteiger partial charge in [-0.3, -0.25) is 0 Å². The molecule has 3 aliphatic rings. The summed E-state index contributed by atoms with van der Waals surface area (Å²) in [4.78, 5) is 10.4. The fraction of sp³-hybridized carbons (Fsp3) is 0.128. The summed E-state index contributed by atoms with van der Waals surface area (Å²) in [5.74, 6) is 1.03. The summed E-state index contributed by atoms with van der Waals surface area (Å²) in [5.41, 5.74) is 11.1. The number of benzene rings is 3. The van der Waals surface area contributed by atoms with E-state index in [4.69, 9.17) is 15.4 Å². The summed E-state index contributed by atoms with van der Waals surface area (Å²) in [6.45, 7) is 8.04. The Bertz CT molecular complexity index is 2260. The number of hydrogen-bond donors (Lipinski definition) is 1. The second-order valence-electron chi connectivity index (χ2n) is 12.9. The highest BCUT2D eigenvalue weighted by atomic mass is 14.9. The minimum Gasteiger partial charge on any atom is -0.308 e. The van der Waals surface area contributed by atoms with Crippen LogP contribution in [0.4, 0.5) is 0 Å². The first kappa shape index (κ1) is 32.6. The molecule has 0 amide bonds. The first-order valence-electron chi connectivity index (χ1n) is 17.4. The Kier molecular flexibility index (Phi) is 9.84. The number of aromatic nitrogens is 2. The highest BCUT2D eigenvalue weighted by Gasteiger charge is 2.21. The van der Waals surface area contributed by atoms with Crippen molar-refractivity contribution in [1.29, 1.82) is 5.41 Å². The van der Waals surface area contributed by atoms with E-state index in [2.05, 4.69) is 129 Å². The molecule has 0 bridgehead atoms. The maximum absolute atomic E-state index is 8.19. The van der Waals surface area contributed by atoms with Gasteiger partial charge in [-0.05, 0) is 75.6 Å². The summed E-state index contributed by atoms with van der Waals surface area (Å²) in [5, 5.41) is 10.1. The number of hydrogen-bond acceptors (Lipinski definition) is 3. The van der Waals surface area contributed by atoms with Crippen molar-refractivity contribution in [3.05, 3.63) is 203 Å². The molecule has 0 radical (unpaired) electrons. The Labute approximate surface area is 295 Å². The van der Waals surface area contributed by atoms with E-state index in [9.17, 15) is 0 Å². The Hall–Kier alpha value is -5.93. The van der Waals surface area contributed by atoms with Gasteiger partial charge in [-0.25, -0.2) is 9.97 Å². The molecule has 1 heterocycles. The van der Waals surface area contributed by atoms with E-state index < -0.39 is 0 Å². The van der Waals surface area contributed by atoms with Crippen molar-refractivity contribution >= 4 is 29.5 Å². The van der Waals surface area contributed by atoms with Gasteiger partial charge < -0.3 is 5.41 Å². The first-order chi connectivity index (χ1) is 24.6. The molecule has 4 aromatic rings. The summed E-state index contributed by atoms with van der Waals surface area (Å²) < 4.78 is 0. The lowest BCUT2D eigenvalue weighted by Gasteiger charge is -2.21. The molecule has 2 unspecified atom stereocenters. The van der Waals surface area contributed by atoms with Crippen LogP contribution in [0, 0.1) is 5.41 Å². The van der Waals surface area contributed by atoms with Crippen molar-refractivity contribution in [1.82, 2.24) is 9.97 Å². The second kappa shape index (κ2) is 15.1. The van der Waals surface area contributed by atoms with Gasteiger partial charge in [-0.1, -0.05) is 159 Å². The van der Waals surface area contributed by atoms with Gasteiger partial charge in [0.2, 0.25) is 0 Å². The van der Waals surface area contributed by atoms with Crippen molar-refractivity contribution in [2.24, 2.45) is 0 Å². The lowest BCUT2D eigenvalue weighted by Crippen LogP contribution is -2.26. The van der Waals surface area contributed by atoms with Gasteiger partial charge in [0.1, 0.15) is 5.82 Å². The molecule has 2 atom stereocenters. The zero-order valence-electron chi connectivity index (χ0n) is 28.3.